The van der Waals surface area contributed by atoms with Crippen molar-refractivity contribution < 1.29 is 2.85 Å². The Morgan fingerprint density at radius 3 is 1.86 bits per heavy atom. The van der Waals surface area contributed by atoms with Gasteiger partial charge in [0, 0.05) is 3.92 Å². The normalized spacial score (nSPS) is 21.9. The van der Waals surface area contributed by atoms with Gasteiger partial charge in [0.25, 0.3) is 0 Å². The maximum absolute atomic E-state index is 2.53. The zero-order valence-electron chi connectivity index (χ0n) is 6.49. The van der Waals surface area contributed by atoms with Gasteiger partial charge < -0.3 is 2.85 Å². The van der Waals surface area contributed by atoms with E-state index < -0.39 is 0 Å². The van der Waals surface area contributed by atoms with E-state index in [-0.39, 0.29) is 25.9 Å². The number of halogens is 1. The van der Waals surface area contributed by atoms with Crippen molar-refractivity contribution in [3.63, 3.8) is 0 Å². The van der Waals surface area contributed by atoms with Crippen molar-refractivity contribution in [3.05, 3.63) is 0 Å². The minimum Gasteiger partial charge on any atom is -1.00 e. The third-order valence-corrected chi connectivity index (χ3v) is 2.53. The quantitative estimate of drug-likeness (QED) is 0.335. The Morgan fingerprint density at radius 1 is 1.29 bits per heavy atom. The molecule has 0 heterocycles. The molecule has 0 spiro atoms. The molecule has 1 fully saturated rings. The second-order valence-corrected chi connectivity index (χ2v) is 3.64. The minimum absolute atomic E-state index is 0. The van der Waals surface area contributed by atoms with Crippen molar-refractivity contribution in [2.24, 2.45) is 0 Å². The molecule has 0 nitrogen and oxygen atoms in total. The van der Waals surface area contributed by atoms with Crippen LogP contribution in [0.3, 0.4) is 0 Å². The van der Waals surface area contributed by atoms with Gasteiger partial charge in [-0.3, -0.25) is 0 Å². The van der Waals surface area contributed by atoms with Crippen molar-refractivity contribution in [2.45, 2.75) is 29.6 Å². The molecule has 1 aliphatic rings. The molecule has 0 aromatic carbocycles. The van der Waals surface area contributed by atoms with E-state index in [4.69, 9.17) is 0 Å². The predicted molar refractivity (Wildman–Crippen MR) is 44.3 cm³/mol. The Balaban J connectivity index is -0.000000120. The van der Waals surface area contributed by atoms with Crippen LogP contribution < -0.4 is 0 Å². The van der Waals surface area contributed by atoms with Crippen molar-refractivity contribution in [3.8, 4) is 0 Å². The van der Waals surface area contributed by atoms with Crippen LogP contribution in [-0.2, 0) is 0 Å². The SMILES string of the molecule is IC1CCCC1.[H-].[H-].[Mg+2]. The largest absolute Gasteiger partial charge is 2.00 e. The van der Waals surface area contributed by atoms with Gasteiger partial charge in [-0.25, -0.2) is 0 Å². The van der Waals surface area contributed by atoms with Gasteiger partial charge in [-0.05, 0) is 12.8 Å². The summed E-state index contributed by atoms with van der Waals surface area (Å²) in [6.45, 7) is 0. The molecule has 1 aliphatic carbocycles. The zero-order valence-corrected chi connectivity index (χ0v) is 8.06. The van der Waals surface area contributed by atoms with Crippen molar-refractivity contribution in [1.29, 1.82) is 0 Å². The van der Waals surface area contributed by atoms with Crippen molar-refractivity contribution >= 4 is 45.6 Å². The summed E-state index contributed by atoms with van der Waals surface area (Å²) in [7, 11) is 0. The summed E-state index contributed by atoms with van der Waals surface area (Å²) in [5, 5.41) is 0. The average molecular weight is 222 g/mol. The molecule has 7 heavy (non-hydrogen) atoms. The van der Waals surface area contributed by atoms with Crippen LogP contribution in [0, 0.1) is 0 Å². The van der Waals surface area contributed by atoms with Gasteiger partial charge in [0.2, 0.25) is 0 Å². The van der Waals surface area contributed by atoms with Gasteiger partial charge in [-0.15, -0.1) is 0 Å². The van der Waals surface area contributed by atoms with Crippen LogP contribution in [0.5, 0.6) is 0 Å². The maximum atomic E-state index is 2.53. The van der Waals surface area contributed by atoms with Gasteiger partial charge >= 0.3 is 23.1 Å². The standard InChI is InChI=1S/C5H9I.Mg.2H/c6-5-3-1-2-4-5;;;/h5H,1-4H2;;;/q;+2;2*-1. The molecule has 0 bridgehead atoms. The van der Waals surface area contributed by atoms with Crippen molar-refractivity contribution in [1.82, 2.24) is 0 Å². The fourth-order valence-corrected chi connectivity index (χ4v) is 1.76. The Labute approximate surface area is 77.7 Å². The molecule has 1 rings (SSSR count). The molecule has 2 heteroatoms. The van der Waals surface area contributed by atoms with E-state index in [9.17, 15) is 0 Å². The van der Waals surface area contributed by atoms with E-state index in [0.717, 1.165) is 3.92 Å². The monoisotopic (exact) mass is 222 g/mol. The molecule has 0 aromatic heterocycles. The molecule has 0 saturated heterocycles. The van der Waals surface area contributed by atoms with Crippen LogP contribution in [0.4, 0.5) is 0 Å². The van der Waals surface area contributed by atoms with Crippen molar-refractivity contribution in [2.75, 3.05) is 0 Å². The number of hydrogen-bond donors (Lipinski definition) is 0. The van der Waals surface area contributed by atoms with Gasteiger partial charge in [-0.2, -0.15) is 0 Å². The summed E-state index contributed by atoms with van der Waals surface area (Å²) >= 11 is 2.53. The first-order valence-corrected chi connectivity index (χ1v) is 3.78. The second kappa shape index (κ2) is 4.38. The maximum Gasteiger partial charge on any atom is 2.00 e. The smallest absolute Gasteiger partial charge is 1.00 e. The summed E-state index contributed by atoms with van der Waals surface area (Å²) in [6, 6.07) is 0. The summed E-state index contributed by atoms with van der Waals surface area (Å²) in [6.07, 6.45) is 5.91. The molecule has 0 N–H and O–H groups in total. The Morgan fingerprint density at radius 2 is 1.71 bits per heavy atom. The first-order chi connectivity index (χ1) is 2.89. The van der Waals surface area contributed by atoms with E-state index in [1.807, 2.05) is 0 Å². The van der Waals surface area contributed by atoms with E-state index >= 15 is 0 Å². The second-order valence-electron chi connectivity index (χ2n) is 1.88. The van der Waals surface area contributed by atoms with Gasteiger partial charge in [0.1, 0.15) is 0 Å². The van der Waals surface area contributed by atoms with Crippen LogP contribution in [0.1, 0.15) is 28.5 Å². The zero-order chi connectivity index (χ0) is 4.41. The van der Waals surface area contributed by atoms with Gasteiger partial charge in [0.15, 0.2) is 0 Å². The van der Waals surface area contributed by atoms with Gasteiger partial charge in [0.05, 0.1) is 0 Å². The molecular weight excluding hydrogens is 211 g/mol. The minimum atomic E-state index is 0. The topological polar surface area (TPSA) is 0 Å². The summed E-state index contributed by atoms with van der Waals surface area (Å²) < 4.78 is 1.02. The number of rotatable bonds is 0. The number of hydrogen-bond acceptors (Lipinski definition) is 0. The molecule has 0 aliphatic heterocycles. The first-order valence-electron chi connectivity index (χ1n) is 2.53. The van der Waals surface area contributed by atoms with Crippen LogP contribution in [0.15, 0.2) is 0 Å². The van der Waals surface area contributed by atoms with E-state index in [1.165, 1.54) is 25.7 Å². The first kappa shape index (κ1) is 8.50. The summed E-state index contributed by atoms with van der Waals surface area (Å²) in [5.41, 5.74) is 0. The third-order valence-electron chi connectivity index (χ3n) is 1.28. The molecule has 0 atom stereocenters. The predicted octanol–water partition coefficient (Wildman–Crippen LogP) is 2.21. The fraction of sp³-hybridized carbons (Fsp3) is 1.00. The van der Waals surface area contributed by atoms with E-state index in [1.54, 1.807) is 0 Å². The van der Waals surface area contributed by atoms with Crippen LogP contribution >= 0.6 is 22.6 Å². The molecule has 1 saturated carbocycles. The molecular formula is C5H11IMg. The van der Waals surface area contributed by atoms with E-state index in [2.05, 4.69) is 22.6 Å². The molecule has 0 amide bonds. The molecule has 40 valence electrons. The molecule has 0 unspecified atom stereocenters. The Bertz CT molecular complexity index is 48.2. The van der Waals surface area contributed by atoms with Crippen LogP contribution in [0.25, 0.3) is 0 Å². The Hall–Kier alpha value is 1.50. The average Bonchev–Trinajstić information content (AvgIpc) is 1.86. The van der Waals surface area contributed by atoms with Crippen LogP contribution in [0.2, 0.25) is 0 Å². The third kappa shape index (κ3) is 3.14. The fourth-order valence-electron chi connectivity index (χ4n) is 0.876. The molecule has 0 radical (unpaired) electrons. The summed E-state index contributed by atoms with van der Waals surface area (Å²) in [5.74, 6) is 0. The number of alkyl halides is 1. The summed E-state index contributed by atoms with van der Waals surface area (Å²) in [4.78, 5) is 0. The van der Waals surface area contributed by atoms with Crippen LogP contribution in [-0.4, -0.2) is 27.0 Å². The van der Waals surface area contributed by atoms with Gasteiger partial charge in [-0.1, -0.05) is 35.4 Å². The molecule has 0 aromatic rings. The Kier molecular flexibility index (Phi) is 5.32. The van der Waals surface area contributed by atoms with E-state index in [0.29, 0.717) is 0 Å².